The first-order valence-corrected chi connectivity index (χ1v) is 6.85. The summed E-state index contributed by atoms with van der Waals surface area (Å²) in [5, 5.41) is 4.21. The molecule has 0 amide bonds. The Kier molecular flexibility index (Phi) is 3.39. The fraction of sp³-hybridized carbons (Fsp3) is 0.857. The molecule has 0 radical (unpaired) electrons. The molecular weight excluding hydrogens is 230 g/mol. The number of carbonyl (C=O) groups is 1. The van der Waals surface area contributed by atoms with E-state index < -0.39 is 5.60 Å². The maximum absolute atomic E-state index is 12.3. The van der Waals surface area contributed by atoms with Gasteiger partial charge in [0.15, 0.2) is 0 Å². The summed E-state index contributed by atoms with van der Waals surface area (Å²) < 4.78 is 5.30. The van der Waals surface area contributed by atoms with E-state index >= 15 is 0 Å². The van der Waals surface area contributed by atoms with Gasteiger partial charge in [0.2, 0.25) is 5.60 Å². The summed E-state index contributed by atoms with van der Waals surface area (Å²) in [4.78, 5) is 17.8. The van der Waals surface area contributed by atoms with Crippen molar-refractivity contribution in [2.75, 3.05) is 6.61 Å². The third-order valence-electron chi connectivity index (χ3n) is 3.79. The van der Waals surface area contributed by atoms with E-state index in [-0.39, 0.29) is 17.3 Å². The van der Waals surface area contributed by atoms with E-state index in [1.807, 2.05) is 6.92 Å². The van der Waals surface area contributed by atoms with Crippen LogP contribution in [0.3, 0.4) is 0 Å². The number of hydrogen-bond acceptors (Lipinski definition) is 4. The summed E-state index contributed by atoms with van der Waals surface area (Å²) >= 11 is 0. The molecule has 0 saturated heterocycles. The van der Waals surface area contributed by atoms with Crippen molar-refractivity contribution >= 4 is 11.7 Å². The number of oxime groups is 1. The van der Waals surface area contributed by atoms with Gasteiger partial charge in [-0.05, 0) is 19.3 Å². The van der Waals surface area contributed by atoms with Crippen LogP contribution < -0.4 is 0 Å². The van der Waals surface area contributed by atoms with E-state index in [4.69, 9.17) is 9.57 Å². The van der Waals surface area contributed by atoms with E-state index in [2.05, 4.69) is 25.9 Å². The van der Waals surface area contributed by atoms with Crippen molar-refractivity contribution in [3.05, 3.63) is 0 Å². The molecule has 18 heavy (non-hydrogen) atoms. The number of ether oxygens (including phenoxy) is 1. The zero-order valence-corrected chi connectivity index (χ0v) is 11.8. The predicted molar refractivity (Wildman–Crippen MR) is 69.3 cm³/mol. The second kappa shape index (κ2) is 4.56. The maximum Gasteiger partial charge on any atom is 0.354 e. The van der Waals surface area contributed by atoms with Crippen LogP contribution in [0.5, 0.6) is 0 Å². The number of hydrogen-bond donors (Lipinski definition) is 0. The summed E-state index contributed by atoms with van der Waals surface area (Å²) in [5.74, 6) is -0.128. The highest BCUT2D eigenvalue weighted by atomic mass is 16.7. The molecular formula is C14H23NO3. The van der Waals surface area contributed by atoms with Gasteiger partial charge in [-0.1, -0.05) is 32.9 Å². The van der Waals surface area contributed by atoms with Crippen molar-refractivity contribution < 1.29 is 14.4 Å². The average Bonchev–Trinajstić information content (AvgIpc) is 2.82. The van der Waals surface area contributed by atoms with Crippen LogP contribution in [0.15, 0.2) is 5.16 Å². The van der Waals surface area contributed by atoms with Gasteiger partial charge in [0.25, 0.3) is 0 Å². The van der Waals surface area contributed by atoms with Crippen LogP contribution in [0.1, 0.15) is 53.4 Å². The van der Waals surface area contributed by atoms with Crippen LogP contribution in [-0.4, -0.2) is 23.9 Å². The average molecular weight is 253 g/mol. The van der Waals surface area contributed by atoms with Crippen molar-refractivity contribution in [2.24, 2.45) is 16.5 Å². The Balaban J connectivity index is 2.18. The fourth-order valence-corrected chi connectivity index (χ4v) is 2.90. The molecule has 2 rings (SSSR count). The zero-order valence-electron chi connectivity index (χ0n) is 11.8. The largest absolute Gasteiger partial charge is 0.463 e. The third-order valence-corrected chi connectivity index (χ3v) is 3.79. The molecule has 0 aromatic heterocycles. The Morgan fingerprint density at radius 3 is 2.89 bits per heavy atom. The Labute approximate surface area is 109 Å². The molecule has 1 aliphatic carbocycles. The topological polar surface area (TPSA) is 47.9 Å². The molecule has 0 N–H and O–H groups in total. The molecule has 1 saturated carbocycles. The third kappa shape index (κ3) is 2.02. The van der Waals surface area contributed by atoms with Crippen molar-refractivity contribution in [3.8, 4) is 0 Å². The lowest BCUT2D eigenvalue weighted by Crippen LogP contribution is -2.46. The van der Waals surface area contributed by atoms with Crippen LogP contribution in [0.2, 0.25) is 0 Å². The first-order chi connectivity index (χ1) is 8.42. The van der Waals surface area contributed by atoms with Gasteiger partial charge in [-0.3, -0.25) is 0 Å². The summed E-state index contributed by atoms with van der Waals surface area (Å²) in [7, 11) is 0. The van der Waals surface area contributed by atoms with E-state index in [0.29, 0.717) is 6.61 Å². The van der Waals surface area contributed by atoms with Crippen LogP contribution >= 0.6 is 0 Å². The standard InChI is InChI=1S/C14H23NO3/c1-5-9-17-12(16)14-8-6-7-10(14)11(15-18-14)13(2,3)4/h10H,5-9H2,1-4H3. The van der Waals surface area contributed by atoms with E-state index in [0.717, 1.165) is 31.4 Å². The minimum absolute atomic E-state index is 0.0538. The van der Waals surface area contributed by atoms with Crippen LogP contribution in [0, 0.1) is 11.3 Å². The molecule has 0 aromatic rings. The van der Waals surface area contributed by atoms with Gasteiger partial charge in [0.1, 0.15) is 0 Å². The van der Waals surface area contributed by atoms with Gasteiger partial charge in [-0.15, -0.1) is 0 Å². The van der Waals surface area contributed by atoms with Crippen molar-refractivity contribution in [3.63, 3.8) is 0 Å². The molecule has 4 heteroatoms. The Morgan fingerprint density at radius 2 is 2.28 bits per heavy atom. The molecule has 1 heterocycles. The molecule has 102 valence electrons. The second-order valence-corrected chi connectivity index (χ2v) is 6.29. The quantitative estimate of drug-likeness (QED) is 0.727. The highest BCUT2D eigenvalue weighted by Gasteiger charge is 2.60. The van der Waals surface area contributed by atoms with E-state index in [9.17, 15) is 4.79 Å². The maximum atomic E-state index is 12.3. The monoisotopic (exact) mass is 253 g/mol. The van der Waals surface area contributed by atoms with Crippen LogP contribution in [0.4, 0.5) is 0 Å². The van der Waals surface area contributed by atoms with E-state index in [1.54, 1.807) is 0 Å². The normalized spacial score (nSPS) is 30.7. The van der Waals surface area contributed by atoms with Crippen LogP contribution in [-0.2, 0) is 14.4 Å². The summed E-state index contributed by atoms with van der Waals surface area (Å²) in [5.41, 5.74) is 0.132. The second-order valence-electron chi connectivity index (χ2n) is 6.29. The number of nitrogens with zero attached hydrogens (tertiary/aromatic N) is 1. The molecule has 1 aliphatic heterocycles. The lowest BCUT2D eigenvalue weighted by Gasteiger charge is -2.27. The summed E-state index contributed by atoms with van der Waals surface area (Å²) in [6.45, 7) is 8.79. The summed E-state index contributed by atoms with van der Waals surface area (Å²) in [6, 6.07) is 0. The predicted octanol–water partition coefficient (Wildman–Crippen LogP) is 2.91. The lowest BCUT2D eigenvalue weighted by atomic mass is 9.76. The van der Waals surface area contributed by atoms with Gasteiger partial charge in [-0.25, -0.2) is 4.79 Å². The number of rotatable bonds is 3. The van der Waals surface area contributed by atoms with Gasteiger partial charge in [0.05, 0.1) is 18.2 Å². The van der Waals surface area contributed by atoms with Gasteiger partial charge in [-0.2, -0.15) is 0 Å². The molecule has 0 aromatic carbocycles. The first-order valence-electron chi connectivity index (χ1n) is 6.85. The zero-order chi connectivity index (χ0) is 13.4. The molecule has 0 bridgehead atoms. The molecule has 2 atom stereocenters. The highest BCUT2D eigenvalue weighted by Crippen LogP contribution is 2.48. The number of fused-ring (bicyclic) bond motifs is 1. The molecule has 2 aliphatic rings. The van der Waals surface area contributed by atoms with Crippen molar-refractivity contribution in [1.82, 2.24) is 0 Å². The number of esters is 1. The molecule has 2 unspecified atom stereocenters. The Bertz CT molecular complexity index is 370. The Morgan fingerprint density at radius 1 is 1.56 bits per heavy atom. The van der Waals surface area contributed by atoms with Gasteiger partial charge < -0.3 is 9.57 Å². The SMILES string of the molecule is CCCOC(=O)C12CCCC1C(C(C)(C)C)=NO2. The summed E-state index contributed by atoms with van der Waals surface area (Å²) in [6.07, 6.45) is 3.53. The first kappa shape index (κ1) is 13.4. The van der Waals surface area contributed by atoms with Crippen molar-refractivity contribution in [2.45, 2.75) is 59.0 Å². The smallest absolute Gasteiger partial charge is 0.354 e. The van der Waals surface area contributed by atoms with Crippen LogP contribution in [0.25, 0.3) is 0 Å². The molecule has 0 spiro atoms. The van der Waals surface area contributed by atoms with Gasteiger partial charge >= 0.3 is 5.97 Å². The van der Waals surface area contributed by atoms with E-state index in [1.165, 1.54) is 0 Å². The fourth-order valence-electron chi connectivity index (χ4n) is 2.90. The van der Waals surface area contributed by atoms with Gasteiger partial charge in [0, 0.05) is 11.8 Å². The van der Waals surface area contributed by atoms with Crippen molar-refractivity contribution in [1.29, 1.82) is 0 Å². The Hall–Kier alpha value is -1.06. The minimum atomic E-state index is -0.822. The molecule has 1 fully saturated rings. The highest BCUT2D eigenvalue weighted by molar-refractivity contribution is 5.99. The number of carbonyl (C=O) groups excluding carboxylic acids is 1. The minimum Gasteiger partial charge on any atom is -0.463 e. The molecule has 4 nitrogen and oxygen atoms in total. The lowest BCUT2D eigenvalue weighted by molar-refractivity contribution is -0.171.